The molecule has 0 spiro atoms. The molecule has 106 valence electrons. The van der Waals surface area contributed by atoms with Crippen LogP contribution in [0.3, 0.4) is 0 Å². The van der Waals surface area contributed by atoms with Gasteiger partial charge in [0.05, 0.1) is 0 Å². The monoisotopic (exact) mass is 288 g/mol. The van der Waals surface area contributed by atoms with Crippen LogP contribution < -0.4 is 0 Å². The second-order valence-electron chi connectivity index (χ2n) is 5.16. The predicted molar refractivity (Wildman–Crippen MR) is 85.4 cm³/mol. The van der Waals surface area contributed by atoms with Crippen molar-refractivity contribution in [1.82, 2.24) is 0 Å². The summed E-state index contributed by atoms with van der Waals surface area (Å²) >= 11 is 6.25. The molecule has 0 amide bonds. The fourth-order valence-electron chi connectivity index (χ4n) is 2.52. The van der Waals surface area contributed by atoms with Gasteiger partial charge in [-0.15, -0.1) is 0 Å². The van der Waals surface area contributed by atoms with Crippen LogP contribution in [-0.4, -0.2) is 5.11 Å². The molecular formula is C18H21ClO. The van der Waals surface area contributed by atoms with Crippen LogP contribution in [0.2, 0.25) is 5.02 Å². The molecular weight excluding hydrogens is 268 g/mol. The molecule has 1 N–H and O–H groups in total. The van der Waals surface area contributed by atoms with E-state index in [0.29, 0.717) is 5.02 Å². The first-order chi connectivity index (χ1) is 9.56. The van der Waals surface area contributed by atoms with Crippen molar-refractivity contribution in [3.05, 3.63) is 69.2 Å². The van der Waals surface area contributed by atoms with Gasteiger partial charge in [-0.05, 0) is 48.1 Å². The number of rotatable bonds is 4. The first kappa shape index (κ1) is 15.1. The lowest BCUT2D eigenvalue weighted by atomic mass is 9.94. The van der Waals surface area contributed by atoms with E-state index >= 15 is 0 Å². The van der Waals surface area contributed by atoms with Gasteiger partial charge >= 0.3 is 0 Å². The van der Waals surface area contributed by atoms with Crippen LogP contribution in [0, 0.1) is 6.92 Å². The maximum Gasteiger partial charge on any atom is 0.105 e. The Kier molecular flexibility index (Phi) is 4.85. The van der Waals surface area contributed by atoms with E-state index in [2.05, 4.69) is 26.0 Å². The van der Waals surface area contributed by atoms with E-state index in [0.717, 1.165) is 29.5 Å². The highest BCUT2D eigenvalue weighted by Crippen LogP contribution is 2.30. The zero-order valence-corrected chi connectivity index (χ0v) is 13.0. The number of benzene rings is 2. The molecule has 0 bridgehead atoms. The van der Waals surface area contributed by atoms with Gasteiger partial charge in [-0.1, -0.05) is 55.8 Å². The van der Waals surface area contributed by atoms with Crippen molar-refractivity contribution in [3.8, 4) is 0 Å². The first-order valence-corrected chi connectivity index (χ1v) is 7.50. The molecule has 1 nitrogen and oxygen atoms in total. The Balaban J connectivity index is 2.40. The highest BCUT2D eigenvalue weighted by molar-refractivity contribution is 6.31. The summed E-state index contributed by atoms with van der Waals surface area (Å²) in [4.78, 5) is 0. The van der Waals surface area contributed by atoms with Crippen LogP contribution in [0.25, 0.3) is 0 Å². The largest absolute Gasteiger partial charge is 0.384 e. The number of aryl methyl sites for hydroxylation is 3. The Morgan fingerprint density at radius 2 is 1.70 bits per heavy atom. The third-order valence-electron chi connectivity index (χ3n) is 3.76. The lowest BCUT2D eigenvalue weighted by molar-refractivity contribution is 0.220. The van der Waals surface area contributed by atoms with Gasteiger partial charge < -0.3 is 5.11 Å². The summed E-state index contributed by atoms with van der Waals surface area (Å²) in [5, 5.41) is 11.2. The fourth-order valence-corrected chi connectivity index (χ4v) is 2.86. The molecule has 20 heavy (non-hydrogen) atoms. The second kappa shape index (κ2) is 6.43. The molecule has 0 radical (unpaired) electrons. The van der Waals surface area contributed by atoms with E-state index in [1.54, 1.807) is 0 Å². The third-order valence-corrected chi connectivity index (χ3v) is 4.09. The Morgan fingerprint density at radius 1 is 1.00 bits per heavy atom. The summed E-state index contributed by atoms with van der Waals surface area (Å²) in [5.41, 5.74) is 5.42. The number of hydrogen-bond acceptors (Lipinski definition) is 1. The van der Waals surface area contributed by atoms with Crippen LogP contribution in [0.1, 0.15) is 47.8 Å². The quantitative estimate of drug-likeness (QED) is 0.852. The molecule has 1 unspecified atom stereocenters. The van der Waals surface area contributed by atoms with Crippen LogP contribution in [0.4, 0.5) is 0 Å². The van der Waals surface area contributed by atoms with E-state index in [-0.39, 0.29) is 0 Å². The van der Waals surface area contributed by atoms with E-state index < -0.39 is 6.10 Å². The van der Waals surface area contributed by atoms with Crippen molar-refractivity contribution >= 4 is 11.6 Å². The fraction of sp³-hybridized carbons (Fsp3) is 0.333. The SMILES string of the molecule is CCc1ccc(C(O)c2ccc(C)cc2Cl)cc1CC. The van der Waals surface area contributed by atoms with Crippen LogP contribution in [0.15, 0.2) is 36.4 Å². The molecule has 0 heterocycles. The van der Waals surface area contributed by atoms with Crippen molar-refractivity contribution < 1.29 is 5.11 Å². The van der Waals surface area contributed by atoms with Gasteiger partial charge in [-0.25, -0.2) is 0 Å². The average Bonchev–Trinajstić information content (AvgIpc) is 2.45. The lowest BCUT2D eigenvalue weighted by Gasteiger charge is -2.16. The Morgan fingerprint density at radius 3 is 2.30 bits per heavy atom. The molecule has 0 aliphatic carbocycles. The van der Waals surface area contributed by atoms with Gasteiger partial charge in [-0.3, -0.25) is 0 Å². The van der Waals surface area contributed by atoms with E-state index in [4.69, 9.17) is 11.6 Å². The lowest BCUT2D eigenvalue weighted by Crippen LogP contribution is -2.03. The molecule has 0 fully saturated rings. The highest BCUT2D eigenvalue weighted by Gasteiger charge is 2.15. The number of aliphatic hydroxyl groups is 1. The van der Waals surface area contributed by atoms with Crippen LogP contribution in [-0.2, 0) is 12.8 Å². The normalized spacial score (nSPS) is 12.4. The van der Waals surface area contributed by atoms with Gasteiger partial charge in [0.2, 0.25) is 0 Å². The Bertz CT molecular complexity index is 604. The third kappa shape index (κ3) is 3.05. The number of halogens is 1. The Hall–Kier alpha value is -1.31. The summed E-state index contributed by atoms with van der Waals surface area (Å²) in [7, 11) is 0. The molecule has 0 aromatic heterocycles. The van der Waals surface area contributed by atoms with Crippen molar-refractivity contribution in [1.29, 1.82) is 0 Å². The molecule has 0 saturated carbocycles. The topological polar surface area (TPSA) is 20.2 Å². The van der Waals surface area contributed by atoms with Crippen LogP contribution in [0.5, 0.6) is 0 Å². The second-order valence-corrected chi connectivity index (χ2v) is 5.57. The van der Waals surface area contributed by atoms with Crippen molar-refractivity contribution in [3.63, 3.8) is 0 Å². The minimum absolute atomic E-state index is 0.620. The van der Waals surface area contributed by atoms with E-state index in [1.165, 1.54) is 11.1 Å². The smallest absolute Gasteiger partial charge is 0.105 e. The van der Waals surface area contributed by atoms with E-state index in [9.17, 15) is 5.11 Å². The summed E-state index contributed by atoms with van der Waals surface area (Å²) in [5.74, 6) is 0. The van der Waals surface area contributed by atoms with Gasteiger partial charge in [-0.2, -0.15) is 0 Å². The average molecular weight is 289 g/mol. The maximum atomic E-state index is 10.6. The number of aliphatic hydroxyl groups excluding tert-OH is 1. The summed E-state index contributed by atoms with van der Waals surface area (Å²) in [6.45, 7) is 6.29. The van der Waals surface area contributed by atoms with Gasteiger partial charge in [0.1, 0.15) is 6.10 Å². The molecule has 2 heteroatoms. The van der Waals surface area contributed by atoms with Crippen molar-refractivity contribution in [2.45, 2.75) is 39.7 Å². The molecule has 2 rings (SSSR count). The van der Waals surface area contributed by atoms with Crippen molar-refractivity contribution in [2.24, 2.45) is 0 Å². The Labute approximate surface area is 126 Å². The standard InChI is InChI=1S/C18H21ClO/c1-4-13-7-8-15(11-14(13)5-2)18(20)16-9-6-12(3)10-17(16)19/h6-11,18,20H,4-5H2,1-3H3. The molecule has 2 aromatic rings. The molecule has 0 aliphatic rings. The molecule has 1 atom stereocenters. The highest BCUT2D eigenvalue weighted by atomic mass is 35.5. The molecule has 2 aromatic carbocycles. The minimum atomic E-state index is -0.667. The minimum Gasteiger partial charge on any atom is -0.384 e. The van der Waals surface area contributed by atoms with Crippen LogP contribution >= 0.6 is 11.6 Å². The zero-order chi connectivity index (χ0) is 14.7. The van der Waals surface area contributed by atoms with Gasteiger partial charge in [0.15, 0.2) is 0 Å². The zero-order valence-electron chi connectivity index (χ0n) is 12.3. The molecule has 0 saturated heterocycles. The predicted octanol–water partition coefficient (Wildman–Crippen LogP) is 4.85. The number of hydrogen-bond donors (Lipinski definition) is 1. The summed E-state index contributed by atoms with van der Waals surface area (Å²) in [6, 6.07) is 12.0. The maximum absolute atomic E-state index is 10.6. The van der Waals surface area contributed by atoms with Crippen molar-refractivity contribution in [2.75, 3.05) is 0 Å². The van der Waals surface area contributed by atoms with Gasteiger partial charge in [0.25, 0.3) is 0 Å². The molecule has 0 aliphatic heterocycles. The first-order valence-electron chi connectivity index (χ1n) is 7.12. The summed E-state index contributed by atoms with van der Waals surface area (Å²) in [6.07, 6.45) is 1.33. The van der Waals surface area contributed by atoms with Gasteiger partial charge in [0, 0.05) is 10.6 Å². The van der Waals surface area contributed by atoms with E-state index in [1.807, 2.05) is 31.2 Å². The summed E-state index contributed by atoms with van der Waals surface area (Å²) < 4.78 is 0.